The number of carbonyl (C=O) groups is 1. The minimum absolute atomic E-state index is 0.0608. The van der Waals surface area contributed by atoms with Crippen LogP contribution in [0.4, 0.5) is 5.69 Å². The Bertz CT molecular complexity index is 775. The van der Waals surface area contributed by atoms with Gasteiger partial charge in [-0.05, 0) is 49.1 Å². The Morgan fingerprint density at radius 2 is 1.75 bits per heavy atom. The van der Waals surface area contributed by atoms with E-state index in [0.717, 1.165) is 4.90 Å². The molecule has 1 unspecified atom stereocenters. The summed E-state index contributed by atoms with van der Waals surface area (Å²) in [4.78, 5) is 13.3. The Morgan fingerprint density at radius 1 is 1.12 bits per heavy atom. The van der Waals surface area contributed by atoms with Gasteiger partial charge in [-0.25, -0.2) is 8.42 Å². The molecule has 0 fully saturated rings. The molecule has 0 heterocycles. The molecule has 5 nitrogen and oxygen atoms in total. The molecule has 0 spiro atoms. The van der Waals surface area contributed by atoms with Crippen molar-refractivity contribution in [2.24, 2.45) is 5.73 Å². The van der Waals surface area contributed by atoms with Gasteiger partial charge < -0.3 is 11.1 Å². The van der Waals surface area contributed by atoms with Crippen LogP contribution in [0.25, 0.3) is 0 Å². The fraction of sp³-hybridized carbons (Fsp3) is 0.235. The first-order chi connectivity index (χ1) is 11.4. The molecule has 0 aliphatic heterocycles. The number of nitrogens with one attached hydrogen (secondary N) is 1. The lowest BCUT2D eigenvalue weighted by molar-refractivity contribution is -0.117. The highest BCUT2D eigenvalue weighted by Gasteiger charge is 2.20. The summed E-state index contributed by atoms with van der Waals surface area (Å²) in [5, 5.41) is 2.67. The van der Waals surface area contributed by atoms with Crippen LogP contribution in [0.15, 0.2) is 64.4 Å². The van der Waals surface area contributed by atoms with Crippen LogP contribution in [0, 0.1) is 0 Å². The molecule has 0 radical (unpaired) electrons. The Morgan fingerprint density at radius 3 is 2.33 bits per heavy atom. The zero-order valence-electron chi connectivity index (χ0n) is 13.3. The van der Waals surface area contributed by atoms with E-state index in [0.29, 0.717) is 5.69 Å². The molecule has 2 rings (SSSR count). The minimum Gasteiger partial charge on any atom is -0.325 e. The summed E-state index contributed by atoms with van der Waals surface area (Å²) in [6, 6.07) is 14.7. The zero-order chi connectivity index (χ0) is 17.6. The predicted octanol–water partition coefficient (Wildman–Crippen LogP) is 2.54. The lowest BCUT2D eigenvalue weighted by Gasteiger charge is -2.12. The van der Waals surface area contributed by atoms with E-state index in [4.69, 9.17) is 5.73 Å². The first kappa shape index (κ1) is 18.5. The van der Waals surface area contributed by atoms with Crippen molar-refractivity contribution in [2.75, 3.05) is 17.3 Å². The quantitative estimate of drug-likeness (QED) is 0.737. The van der Waals surface area contributed by atoms with Gasteiger partial charge >= 0.3 is 0 Å². The normalized spacial score (nSPS) is 12.6. The Balaban J connectivity index is 1.94. The lowest BCUT2D eigenvalue weighted by atomic mass is 10.2. The third kappa shape index (κ3) is 5.09. The first-order valence-electron chi connectivity index (χ1n) is 7.40. The molecular weight excluding hydrogens is 344 g/mol. The van der Waals surface area contributed by atoms with Crippen molar-refractivity contribution in [3.8, 4) is 0 Å². The standard InChI is InChI=1S/C17H20N2O3S2/c1-23-14-7-9-15(10-8-14)24(21,22)12-11-16(18)17(20)19-13-5-3-2-4-6-13/h2-10,16H,11-12,18H2,1H3,(H,19,20). The smallest absolute Gasteiger partial charge is 0.241 e. The second kappa shape index (κ2) is 8.32. The number of nitrogens with two attached hydrogens (primary N) is 1. The predicted molar refractivity (Wildman–Crippen MR) is 97.9 cm³/mol. The number of benzene rings is 2. The van der Waals surface area contributed by atoms with Crippen molar-refractivity contribution >= 4 is 33.2 Å². The van der Waals surface area contributed by atoms with Crippen molar-refractivity contribution in [1.82, 2.24) is 0 Å². The summed E-state index contributed by atoms with van der Waals surface area (Å²) in [5.74, 6) is -0.566. The third-order valence-electron chi connectivity index (χ3n) is 3.49. The lowest BCUT2D eigenvalue weighted by Crippen LogP contribution is -2.37. The van der Waals surface area contributed by atoms with Crippen molar-refractivity contribution in [3.05, 3.63) is 54.6 Å². The van der Waals surface area contributed by atoms with Gasteiger partial charge in [0.2, 0.25) is 5.91 Å². The minimum atomic E-state index is -3.46. The Kier molecular flexibility index (Phi) is 6.42. The molecule has 7 heteroatoms. The van der Waals surface area contributed by atoms with Gasteiger partial charge in [0.1, 0.15) is 0 Å². The highest BCUT2D eigenvalue weighted by molar-refractivity contribution is 7.98. The maximum atomic E-state index is 12.3. The largest absolute Gasteiger partial charge is 0.325 e. The monoisotopic (exact) mass is 364 g/mol. The van der Waals surface area contributed by atoms with Crippen LogP contribution in [-0.4, -0.2) is 32.4 Å². The van der Waals surface area contributed by atoms with E-state index in [1.807, 2.05) is 12.3 Å². The van der Waals surface area contributed by atoms with E-state index in [1.165, 1.54) is 0 Å². The van der Waals surface area contributed by atoms with Gasteiger partial charge in [0.25, 0.3) is 0 Å². The molecule has 2 aromatic carbocycles. The summed E-state index contributed by atoms with van der Waals surface area (Å²) in [7, 11) is -3.46. The number of carbonyl (C=O) groups excluding carboxylic acids is 1. The number of thioether (sulfide) groups is 1. The van der Waals surface area contributed by atoms with Gasteiger partial charge in [-0.1, -0.05) is 18.2 Å². The van der Waals surface area contributed by atoms with E-state index in [1.54, 1.807) is 60.3 Å². The molecule has 1 amide bonds. The number of hydrogen-bond donors (Lipinski definition) is 2. The van der Waals surface area contributed by atoms with Gasteiger partial charge in [0, 0.05) is 10.6 Å². The van der Waals surface area contributed by atoms with Crippen LogP contribution in [0.1, 0.15) is 6.42 Å². The number of amides is 1. The van der Waals surface area contributed by atoms with Crippen LogP contribution >= 0.6 is 11.8 Å². The number of rotatable bonds is 7. The van der Waals surface area contributed by atoms with Gasteiger partial charge in [-0.3, -0.25) is 4.79 Å². The van der Waals surface area contributed by atoms with Gasteiger partial charge in [-0.2, -0.15) is 0 Å². The molecule has 0 aliphatic rings. The summed E-state index contributed by atoms with van der Waals surface area (Å²) < 4.78 is 24.6. The number of hydrogen-bond acceptors (Lipinski definition) is 5. The van der Waals surface area contributed by atoms with E-state index in [9.17, 15) is 13.2 Å². The molecule has 128 valence electrons. The Labute approximate surface area is 146 Å². The third-order valence-corrected chi connectivity index (χ3v) is 6.00. The van der Waals surface area contributed by atoms with Crippen molar-refractivity contribution in [3.63, 3.8) is 0 Å². The average Bonchev–Trinajstić information content (AvgIpc) is 2.60. The molecule has 0 aromatic heterocycles. The number of sulfone groups is 1. The second-order valence-electron chi connectivity index (χ2n) is 5.24. The highest BCUT2D eigenvalue weighted by Crippen LogP contribution is 2.19. The summed E-state index contributed by atoms with van der Waals surface area (Å²) in [5.41, 5.74) is 6.45. The summed E-state index contributed by atoms with van der Waals surface area (Å²) in [6.45, 7) is 0. The second-order valence-corrected chi connectivity index (χ2v) is 8.23. The highest BCUT2D eigenvalue weighted by atomic mass is 32.2. The molecule has 1 atom stereocenters. The molecule has 2 aromatic rings. The van der Waals surface area contributed by atoms with Crippen LogP contribution in [0.3, 0.4) is 0 Å². The number of para-hydroxylation sites is 1. The van der Waals surface area contributed by atoms with Crippen LogP contribution < -0.4 is 11.1 Å². The summed E-state index contributed by atoms with van der Waals surface area (Å²) >= 11 is 1.54. The van der Waals surface area contributed by atoms with Crippen molar-refractivity contribution in [1.29, 1.82) is 0 Å². The van der Waals surface area contributed by atoms with E-state index in [-0.39, 0.29) is 17.1 Å². The molecule has 3 N–H and O–H groups in total. The maximum absolute atomic E-state index is 12.3. The SMILES string of the molecule is CSc1ccc(S(=O)(=O)CCC(N)C(=O)Nc2ccccc2)cc1. The van der Waals surface area contributed by atoms with E-state index in [2.05, 4.69) is 5.32 Å². The fourth-order valence-electron chi connectivity index (χ4n) is 2.07. The molecule has 0 saturated carbocycles. The molecule has 0 bridgehead atoms. The topological polar surface area (TPSA) is 89.3 Å². The van der Waals surface area contributed by atoms with Crippen LogP contribution in [-0.2, 0) is 14.6 Å². The van der Waals surface area contributed by atoms with E-state index >= 15 is 0 Å². The fourth-order valence-corrected chi connectivity index (χ4v) is 3.83. The van der Waals surface area contributed by atoms with E-state index < -0.39 is 21.8 Å². The average molecular weight is 364 g/mol. The molecule has 0 saturated heterocycles. The number of anilines is 1. The Hall–Kier alpha value is -1.83. The summed E-state index contributed by atoms with van der Waals surface area (Å²) in [6.07, 6.45) is 1.99. The van der Waals surface area contributed by atoms with Gasteiger partial charge in [-0.15, -0.1) is 11.8 Å². The van der Waals surface area contributed by atoms with Gasteiger partial charge in [0.05, 0.1) is 16.7 Å². The molecule has 0 aliphatic carbocycles. The molecular formula is C17H20N2O3S2. The maximum Gasteiger partial charge on any atom is 0.241 e. The van der Waals surface area contributed by atoms with Crippen molar-refractivity contribution in [2.45, 2.75) is 22.3 Å². The first-order valence-corrected chi connectivity index (χ1v) is 10.3. The van der Waals surface area contributed by atoms with Crippen molar-refractivity contribution < 1.29 is 13.2 Å². The van der Waals surface area contributed by atoms with Crippen LogP contribution in [0.2, 0.25) is 0 Å². The molecule has 24 heavy (non-hydrogen) atoms. The zero-order valence-corrected chi connectivity index (χ0v) is 14.9. The van der Waals surface area contributed by atoms with Crippen LogP contribution in [0.5, 0.6) is 0 Å². The van der Waals surface area contributed by atoms with Gasteiger partial charge in [0.15, 0.2) is 9.84 Å².